The maximum Gasteiger partial charge on any atom is 0.188 e. The van der Waals surface area contributed by atoms with Gasteiger partial charge in [0, 0.05) is 26.0 Å². The fourth-order valence-corrected chi connectivity index (χ4v) is 1.53. The maximum absolute atomic E-state index is 9.73. The molecule has 0 aliphatic heterocycles. The van der Waals surface area contributed by atoms with Crippen molar-refractivity contribution in [3.63, 3.8) is 0 Å². The van der Waals surface area contributed by atoms with E-state index >= 15 is 0 Å². The predicted octanol–water partition coefficient (Wildman–Crippen LogP) is -0.335. The molecule has 2 atom stereocenters. The maximum atomic E-state index is 9.73. The lowest BCUT2D eigenvalue weighted by Crippen LogP contribution is -2.26. The first-order chi connectivity index (χ1) is 10.9. The van der Waals surface area contributed by atoms with E-state index in [2.05, 4.69) is 5.32 Å². The fraction of sp³-hybridized carbons (Fsp3) is 0.714. The van der Waals surface area contributed by atoms with E-state index in [0.29, 0.717) is 0 Å². The Morgan fingerprint density at radius 1 is 1.09 bits per heavy atom. The Morgan fingerprint density at radius 3 is 2.26 bits per heavy atom. The molecule has 0 aromatic heterocycles. The van der Waals surface area contributed by atoms with Crippen molar-refractivity contribution in [1.29, 1.82) is 0 Å². The molecule has 0 aliphatic rings. The Labute approximate surface area is 135 Å². The molecule has 0 spiro atoms. The smallest absolute Gasteiger partial charge is 0.188 e. The summed E-state index contributed by atoms with van der Waals surface area (Å²) < 4.78 is 9.81. The Bertz CT molecular complexity index is 396. The largest absolute Gasteiger partial charge is 0.509 e. The van der Waals surface area contributed by atoms with Gasteiger partial charge in [-0.05, 0) is 0 Å². The average Bonchev–Trinajstić information content (AvgIpc) is 2.57. The van der Waals surface area contributed by atoms with E-state index in [9.17, 15) is 20.4 Å². The standard InChI is InChI=1S/C14H27NO8/c1-9(6-16)13(20)10(18)3-4-15-5-12(23-8-22-2)14(21)11(19)7-17/h9,11,15-21H,3-8H2,1-2H3/b13-10-,14-12+. The summed E-state index contributed by atoms with van der Waals surface area (Å²) in [4.78, 5) is 0. The first-order valence-electron chi connectivity index (χ1n) is 7.14. The van der Waals surface area contributed by atoms with Crippen LogP contribution in [-0.2, 0) is 9.47 Å². The predicted molar refractivity (Wildman–Crippen MR) is 81.7 cm³/mol. The van der Waals surface area contributed by atoms with Crippen LogP contribution in [0.25, 0.3) is 0 Å². The number of ether oxygens (including phenoxy) is 2. The number of aliphatic hydroxyl groups is 6. The lowest BCUT2D eigenvalue weighted by molar-refractivity contribution is -0.00812. The second-order valence-corrected chi connectivity index (χ2v) is 4.90. The Balaban J connectivity index is 4.54. The third-order valence-corrected chi connectivity index (χ3v) is 2.99. The van der Waals surface area contributed by atoms with E-state index in [1.165, 1.54) is 7.11 Å². The highest BCUT2D eigenvalue weighted by Gasteiger charge is 2.16. The van der Waals surface area contributed by atoms with Crippen LogP contribution in [0.1, 0.15) is 13.3 Å². The molecular weight excluding hydrogens is 310 g/mol. The van der Waals surface area contributed by atoms with E-state index in [1.54, 1.807) is 6.92 Å². The normalized spacial score (nSPS) is 16.4. The minimum absolute atomic E-state index is 0.00943. The molecule has 136 valence electrons. The van der Waals surface area contributed by atoms with Crippen LogP contribution in [0.2, 0.25) is 0 Å². The number of aliphatic hydroxyl groups excluding tert-OH is 6. The topological polar surface area (TPSA) is 152 Å². The van der Waals surface area contributed by atoms with Gasteiger partial charge in [-0.3, -0.25) is 0 Å². The Morgan fingerprint density at radius 2 is 1.74 bits per heavy atom. The van der Waals surface area contributed by atoms with Crippen molar-refractivity contribution in [3.8, 4) is 0 Å². The van der Waals surface area contributed by atoms with Gasteiger partial charge in [0.05, 0.1) is 19.8 Å². The fourth-order valence-electron chi connectivity index (χ4n) is 1.53. The molecule has 0 bridgehead atoms. The van der Waals surface area contributed by atoms with Crippen LogP contribution in [0.4, 0.5) is 0 Å². The minimum atomic E-state index is -1.47. The van der Waals surface area contributed by atoms with Gasteiger partial charge in [0.15, 0.2) is 18.3 Å². The second kappa shape index (κ2) is 12.0. The van der Waals surface area contributed by atoms with Crippen molar-refractivity contribution >= 4 is 0 Å². The van der Waals surface area contributed by atoms with Crippen LogP contribution < -0.4 is 5.32 Å². The monoisotopic (exact) mass is 337 g/mol. The summed E-state index contributed by atoms with van der Waals surface area (Å²) in [5.41, 5.74) is 0. The van der Waals surface area contributed by atoms with Crippen LogP contribution in [0.3, 0.4) is 0 Å². The molecule has 0 radical (unpaired) electrons. The number of rotatable bonds is 12. The molecule has 7 N–H and O–H groups in total. The number of hydrogen-bond acceptors (Lipinski definition) is 9. The van der Waals surface area contributed by atoms with Crippen molar-refractivity contribution in [2.75, 3.05) is 40.2 Å². The summed E-state index contributed by atoms with van der Waals surface area (Å²) >= 11 is 0. The van der Waals surface area contributed by atoms with Gasteiger partial charge in [-0.25, -0.2) is 0 Å². The van der Waals surface area contributed by atoms with Crippen molar-refractivity contribution in [2.24, 2.45) is 5.92 Å². The summed E-state index contributed by atoms with van der Waals surface area (Å²) in [5, 5.41) is 58.9. The van der Waals surface area contributed by atoms with Crippen molar-refractivity contribution in [1.82, 2.24) is 5.32 Å². The Hall–Kier alpha value is -1.52. The highest BCUT2D eigenvalue weighted by molar-refractivity contribution is 5.07. The lowest BCUT2D eigenvalue weighted by atomic mass is 10.1. The van der Waals surface area contributed by atoms with Gasteiger partial charge in [0.1, 0.15) is 17.6 Å². The summed E-state index contributed by atoms with van der Waals surface area (Å²) in [6, 6.07) is 0. The van der Waals surface area contributed by atoms with Gasteiger partial charge >= 0.3 is 0 Å². The summed E-state index contributed by atoms with van der Waals surface area (Å²) in [7, 11) is 1.39. The Kier molecular flexibility index (Phi) is 11.2. The molecule has 0 aromatic carbocycles. The van der Waals surface area contributed by atoms with E-state index in [1.807, 2.05) is 0 Å². The van der Waals surface area contributed by atoms with E-state index in [0.717, 1.165) is 0 Å². The molecule has 23 heavy (non-hydrogen) atoms. The average molecular weight is 337 g/mol. The van der Waals surface area contributed by atoms with E-state index in [-0.39, 0.29) is 50.2 Å². The van der Waals surface area contributed by atoms with Crippen molar-refractivity contribution < 1.29 is 40.1 Å². The zero-order chi connectivity index (χ0) is 17.8. The van der Waals surface area contributed by atoms with Crippen LogP contribution in [0, 0.1) is 5.92 Å². The van der Waals surface area contributed by atoms with E-state index in [4.69, 9.17) is 19.7 Å². The van der Waals surface area contributed by atoms with Crippen LogP contribution in [0.5, 0.6) is 0 Å². The number of methoxy groups -OCH3 is 1. The van der Waals surface area contributed by atoms with Gasteiger partial charge in [-0.1, -0.05) is 6.92 Å². The zero-order valence-electron chi connectivity index (χ0n) is 13.4. The molecule has 9 nitrogen and oxygen atoms in total. The number of nitrogens with one attached hydrogen (secondary N) is 1. The lowest BCUT2D eigenvalue weighted by Gasteiger charge is -2.16. The van der Waals surface area contributed by atoms with Crippen LogP contribution in [-0.4, -0.2) is 76.9 Å². The highest BCUT2D eigenvalue weighted by Crippen LogP contribution is 2.12. The SMILES string of the molecule is COCO/C(CNCC/C(O)=C(/O)C(C)CO)=C(/O)C(O)CO. The first kappa shape index (κ1) is 21.5. The third-order valence-electron chi connectivity index (χ3n) is 2.99. The summed E-state index contributed by atoms with van der Waals surface area (Å²) in [6.07, 6.45) is -1.37. The summed E-state index contributed by atoms with van der Waals surface area (Å²) in [5.74, 6) is -1.61. The third kappa shape index (κ3) is 8.05. The van der Waals surface area contributed by atoms with Crippen LogP contribution >= 0.6 is 0 Å². The minimum Gasteiger partial charge on any atom is -0.509 e. The van der Waals surface area contributed by atoms with Crippen LogP contribution in [0.15, 0.2) is 23.0 Å². The van der Waals surface area contributed by atoms with Gasteiger partial charge < -0.3 is 45.4 Å². The molecule has 0 aliphatic carbocycles. The summed E-state index contributed by atoms with van der Waals surface area (Å²) in [6.45, 7) is 0.703. The molecule has 0 aromatic rings. The van der Waals surface area contributed by atoms with Crippen molar-refractivity contribution in [3.05, 3.63) is 23.0 Å². The molecule has 9 heteroatoms. The molecule has 0 saturated carbocycles. The van der Waals surface area contributed by atoms with Crippen molar-refractivity contribution in [2.45, 2.75) is 19.4 Å². The molecular formula is C14H27NO8. The molecule has 2 unspecified atom stereocenters. The zero-order valence-corrected chi connectivity index (χ0v) is 13.4. The van der Waals surface area contributed by atoms with E-state index < -0.39 is 24.4 Å². The number of hydrogen-bond donors (Lipinski definition) is 7. The molecule has 0 heterocycles. The van der Waals surface area contributed by atoms with Gasteiger partial charge in [-0.15, -0.1) is 0 Å². The quantitative estimate of drug-likeness (QED) is 0.144. The van der Waals surface area contributed by atoms with Gasteiger partial charge in [0.2, 0.25) is 0 Å². The second-order valence-electron chi connectivity index (χ2n) is 4.90. The molecule has 0 saturated heterocycles. The molecule has 0 rings (SSSR count). The molecule has 0 amide bonds. The molecule has 0 fully saturated rings. The van der Waals surface area contributed by atoms with Gasteiger partial charge in [-0.2, -0.15) is 0 Å². The highest BCUT2D eigenvalue weighted by atomic mass is 16.7. The van der Waals surface area contributed by atoms with Gasteiger partial charge in [0.25, 0.3) is 0 Å². The first-order valence-corrected chi connectivity index (χ1v) is 7.14.